The molecule has 2 aliphatic carbocycles. The SMILES string of the molecule is CCC1CCC(CN)(OC2CCCC(S(C)(=O)=O)C2)CC1. The molecule has 0 radical (unpaired) electrons. The highest BCUT2D eigenvalue weighted by Crippen LogP contribution is 2.38. The summed E-state index contributed by atoms with van der Waals surface area (Å²) in [7, 11) is -2.95. The van der Waals surface area contributed by atoms with Crippen molar-refractivity contribution in [3.63, 3.8) is 0 Å². The van der Waals surface area contributed by atoms with Crippen LogP contribution in [0.4, 0.5) is 0 Å². The molecule has 0 aromatic heterocycles. The highest BCUT2D eigenvalue weighted by atomic mass is 32.2. The molecule has 0 saturated heterocycles. The van der Waals surface area contributed by atoms with Gasteiger partial charge in [0.25, 0.3) is 0 Å². The molecular weight excluding hydrogens is 286 g/mol. The summed E-state index contributed by atoms with van der Waals surface area (Å²) < 4.78 is 29.9. The molecule has 0 spiro atoms. The zero-order chi connectivity index (χ0) is 15.5. The summed E-state index contributed by atoms with van der Waals surface area (Å²) in [6.07, 6.45) is 10.5. The van der Waals surface area contributed by atoms with Crippen LogP contribution in [-0.2, 0) is 14.6 Å². The van der Waals surface area contributed by atoms with Crippen LogP contribution in [0.1, 0.15) is 64.7 Å². The van der Waals surface area contributed by atoms with E-state index in [0.717, 1.165) is 38.0 Å². The van der Waals surface area contributed by atoms with Crippen molar-refractivity contribution in [2.75, 3.05) is 12.8 Å². The van der Waals surface area contributed by atoms with Crippen LogP contribution in [0.15, 0.2) is 0 Å². The van der Waals surface area contributed by atoms with Gasteiger partial charge in [-0.2, -0.15) is 0 Å². The Balaban J connectivity index is 1.96. The van der Waals surface area contributed by atoms with Crippen LogP contribution in [0.25, 0.3) is 0 Å². The van der Waals surface area contributed by atoms with Crippen LogP contribution in [0.5, 0.6) is 0 Å². The lowest BCUT2D eigenvalue weighted by Crippen LogP contribution is -2.48. The number of hydrogen-bond acceptors (Lipinski definition) is 4. The molecule has 4 nitrogen and oxygen atoms in total. The molecule has 0 aromatic rings. The van der Waals surface area contributed by atoms with Crippen LogP contribution < -0.4 is 5.73 Å². The Labute approximate surface area is 129 Å². The standard InChI is InChI=1S/C16H31NO3S/c1-3-13-7-9-16(12-17,10-8-13)20-14-5-4-6-15(11-14)21(2,18)19/h13-15H,3-12,17H2,1-2H3. The van der Waals surface area contributed by atoms with Crippen LogP contribution in [-0.4, -0.2) is 38.2 Å². The van der Waals surface area contributed by atoms with Crippen LogP contribution in [0.2, 0.25) is 0 Å². The van der Waals surface area contributed by atoms with Gasteiger partial charge in [-0.05, 0) is 57.3 Å². The summed E-state index contributed by atoms with van der Waals surface area (Å²) in [5.41, 5.74) is 5.82. The normalized spacial score (nSPS) is 38.3. The van der Waals surface area contributed by atoms with E-state index in [1.54, 1.807) is 0 Å². The summed E-state index contributed by atoms with van der Waals surface area (Å²) in [5.74, 6) is 0.809. The Hall–Kier alpha value is -0.130. The largest absolute Gasteiger partial charge is 0.370 e. The molecule has 0 heterocycles. The first-order valence-electron chi connectivity index (χ1n) is 8.45. The van der Waals surface area contributed by atoms with Gasteiger partial charge in [-0.1, -0.05) is 13.3 Å². The van der Waals surface area contributed by atoms with Crippen molar-refractivity contribution in [3.05, 3.63) is 0 Å². The third kappa shape index (κ3) is 4.42. The predicted octanol–water partition coefficient (Wildman–Crippen LogP) is 2.66. The quantitative estimate of drug-likeness (QED) is 0.846. The van der Waals surface area contributed by atoms with Gasteiger partial charge in [0, 0.05) is 12.8 Å². The van der Waals surface area contributed by atoms with E-state index in [4.69, 9.17) is 10.5 Å². The zero-order valence-electron chi connectivity index (χ0n) is 13.5. The molecule has 2 rings (SSSR count). The molecule has 0 bridgehead atoms. The molecule has 2 fully saturated rings. The molecule has 124 valence electrons. The molecule has 0 aromatic carbocycles. The monoisotopic (exact) mass is 317 g/mol. The Kier molecular flexibility index (Phi) is 5.71. The molecular formula is C16H31NO3S. The first-order chi connectivity index (χ1) is 9.88. The third-order valence-corrected chi connectivity index (χ3v) is 7.21. The van der Waals surface area contributed by atoms with Crippen LogP contribution in [0.3, 0.4) is 0 Å². The molecule has 5 heteroatoms. The van der Waals surface area contributed by atoms with E-state index in [2.05, 4.69) is 6.92 Å². The Morgan fingerprint density at radius 3 is 2.38 bits per heavy atom. The second-order valence-electron chi connectivity index (χ2n) is 7.10. The van der Waals surface area contributed by atoms with E-state index < -0.39 is 9.84 Å². The van der Waals surface area contributed by atoms with Crippen molar-refractivity contribution in [3.8, 4) is 0 Å². The van der Waals surface area contributed by atoms with Gasteiger partial charge >= 0.3 is 0 Å². The lowest BCUT2D eigenvalue weighted by molar-refractivity contribution is -0.123. The van der Waals surface area contributed by atoms with Crippen molar-refractivity contribution in [2.24, 2.45) is 11.7 Å². The van der Waals surface area contributed by atoms with Gasteiger partial charge in [-0.15, -0.1) is 0 Å². The fraction of sp³-hybridized carbons (Fsp3) is 1.00. The molecule has 2 saturated carbocycles. The lowest BCUT2D eigenvalue weighted by atomic mass is 9.77. The van der Waals surface area contributed by atoms with Gasteiger partial charge in [0.1, 0.15) is 9.84 Å². The number of hydrogen-bond donors (Lipinski definition) is 1. The van der Waals surface area contributed by atoms with E-state index in [1.807, 2.05) is 0 Å². The first-order valence-corrected chi connectivity index (χ1v) is 10.4. The minimum absolute atomic E-state index is 0.0696. The van der Waals surface area contributed by atoms with E-state index >= 15 is 0 Å². The zero-order valence-corrected chi connectivity index (χ0v) is 14.3. The van der Waals surface area contributed by atoms with Crippen molar-refractivity contribution < 1.29 is 13.2 Å². The van der Waals surface area contributed by atoms with Crippen molar-refractivity contribution in [2.45, 2.75) is 81.7 Å². The summed E-state index contributed by atoms with van der Waals surface area (Å²) in [4.78, 5) is 0. The summed E-state index contributed by atoms with van der Waals surface area (Å²) >= 11 is 0. The Morgan fingerprint density at radius 2 is 1.86 bits per heavy atom. The van der Waals surface area contributed by atoms with E-state index in [1.165, 1.54) is 25.5 Å². The molecule has 2 unspecified atom stereocenters. The molecule has 2 atom stereocenters. The fourth-order valence-electron chi connectivity index (χ4n) is 3.93. The van der Waals surface area contributed by atoms with Crippen molar-refractivity contribution in [1.82, 2.24) is 0 Å². The van der Waals surface area contributed by atoms with Gasteiger partial charge in [-0.25, -0.2) is 8.42 Å². The number of sulfone groups is 1. The average molecular weight is 317 g/mol. The maximum atomic E-state index is 11.8. The second-order valence-corrected chi connectivity index (χ2v) is 9.42. The molecule has 2 aliphatic rings. The maximum Gasteiger partial charge on any atom is 0.150 e. The second kappa shape index (κ2) is 6.97. The van der Waals surface area contributed by atoms with E-state index in [-0.39, 0.29) is 17.0 Å². The highest BCUT2D eigenvalue weighted by molar-refractivity contribution is 7.91. The van der Waals surface area contributed by atoms with E-state index in [9.17, 15) is 8.42 Å². The molecule has 2 N–H and O–H groups in total. The Bertz CT molecular complexity index is 427. The first kappa shape index (κ1) is 17.2. The lowest BCUT2D eigenvalue weighted by Gasteiger charge is -2.43. The van der Waals surface area contributed by atoms with Gasteiger partial charge in [0.15, 0.2) is 0 Å². The third-order valence-electron chi connectivity index (χ3n) is 5.57. The van der Waals surface area contributed by atoms with Crippen molar-refractivity contribution >= 4 is 9.84 Å². The van der Waals surface area contributed by atoms with Crippen molar-refractivity contribution in [1.29, 1.82) is 0 Å². The fourth-order valence-corrected chi connectivity index (χ4v) is 5.09. The van der Waals surface area contributed by atoms with E-state index in [0.29, 0.717) is 13.0 Å². The summed E-state index contributed by atoms with van der Waals surface area (Å²) in [6.45, 7) is 2.81. The van der Waals surface area contributed by atoms with Crippen LogP contribution in [0, 0.1) is 5.92 Å². The average Bonchev–Trinajstić information content (AvgIpc) is 2.47. The number of ether oxygens (including phenoxy) is 1. The minimum atomic E-state index is -2.95. The molecule has 21 heavy (non-hydrogen) atoms. The topological polar surface area (TPSA) is 69.4 Å². The van der Waals surface area contributed by atoms with Gasteiger partial charge in [0.05, 0.1) is 17.0 Å². The minimum Gasteiger partial charge on any atom is -0.370 e. The van der Waals surface area contributed by atoms with Crippen LogP contribution >= 0.6 is 0 Å². The van der Waals surface area contributed by atoms with Gasteiger partial charge in [0.2, 0.25) is 0 Å². The molecule has 0 aliphatic heterocycles. The highest BCUT2D eigenvalue weighted by Gasteiger charge is 2.39. The van der Waals surface area contributed by atoms with Gasteiger partial charge in [-0.3, -0.25) is 0 Å². The predicted molar refractivity (Wildman–Crippen MR) is 86.0 cm³/mol. The summed E-state index contributed by atoms with van der Waals surface area (Å²) in [6, 6.07) is 0. The van der Waals surface area contributed by atoms with Gasteiger partial charge < -0.3 is 10.5 Å². The smallest absolute Gasteiger partial charge is 0.150 e. The maximum absolute atomic E-state index is 11.8. The summed E-state index contributed by atoms with van der Waals surface area (Å²) in [5, 5.41) is -0.224. The molecule has 0 amide bonds. The Morgan fingerprint density at radius 1 is 1.19 bits per heavy atom. The number of nitrogens with two attached hydrogens (primary N) is 1. The number of rotatable bonds is 5.